The number of amides is 1. The molecule has 1 amide bonds. The molecule has 2 aromatic carbocycles. The molecule has 0 unspecified atom stereocenters. The highest BCUT2D eigenvalue weighted by Gasteiger charge is 2.23. The lowest BCUT2D eigenvalue weighted by Gasteiger charge is -2.20. The van der Waals surface area contributed by atoms with E-state index in [0.29, 0.717) is 28.5 Å². The van der Waals surface area contributed by atoms with E-state index in [9.17, 15) is 4.79 Å². The maximum Gasteiger partial charge on any atom is 0.252 e. The van der Waals surface area contributed by atoms with Crippen LogP contribution in [0.3, 0.4) is 0 Å². The molecule has 0 bridgehead atoms. The number of hydrogen-bond donors (Lipinski definition) is 1. The zero-order valence-electron chi connectivity index (χ0n) is 15.8. The smallest absolute Gasteiger partial charge is 0.252 e. The average Bonchev–Trinajstić information content (AvgIpc) is 3.16. The van der Waals surface area contributed by atoms with Crippen LogP contribution >= 0.6 is 0 Å². The number of hydrogen-bond acceptors (Lipinski definition) is 5. The van der Waals surface area contributed by atoms with Crippen molar-refractivity contribution >= 4 is 5.91 Å². The summed E-state index contributed by atoms with van der Waals surface area (Å²) in [7, 11) is 5.00. The Morgan fingerprint density at radius 3 is 2.46 bits per heavy atom. The van der Waals surface area contributed by atoms with Gasteiger partial charge in [-0.1, -0.05) is 6.07 Å². The molecule has 1 aromatic heterocycles. The Bertz CT molecular complexity index is 1010. The van der Waals surface area contributed by atoms with Gasteiger partial charge in [-0.15, -0.1) is 0 Å². The van der Waals surface area contributed by atoms with Gasteiger partial charge in [-0.05, 0) is 35.9 Å². The Labute approximate surface area is 163 Å². The number of methoxy groups -OCH3 is 2. The Kier molecular flexibility index (Phi) is 5.61. The molecule has 3 aromatic rings. The summed E-state index contributed by atoms with van der Waals surface area (Å²) in [4.78, 5) is 17.3. The Morgan fingerprint density at radius 1 is 1.18 bits per heavy atom. The molecule has 0 spiro atoms. The van der Waals surface area contributed by atoms with Crippen molar-refractivity contribution in [1.82, 2.24) is 14.9 Å². The number of benzene rings is 2. The lowest BCUT2D eigenvalue weighted by Crippen LogP contribution is -2.31. The van der Waals surface area contributed by atoms with Crippen LogP contribution in [-0.4, -0.2) is 29.7 Å². The van der Waals surface area contributed by atoms with E-state index in [0.717, 1.165) is 5.56 Å². The van der Waals surface area contributed by atoms with E-state index in [1.165, 1.54) is 0 Å². The van der Waals surface area contributed by atoms with E-state index in [4.69, 9.17) is 14.7 Å². The van der Waals surface area contributed by atoms with Crippen LogP contribution in [0.1, 0.15) is 33.4 Å². The van der Waals surface area contributed by atoms with Crippen molar-refractivity contribution in [2.24, 2.45) is 7.05 Å². The number of nitrogens with zero attached hydrogens (tertiary/aromatic N) is 3. The molecule has 7 nitrogen and oxygen atoms in total. The van der Waals surface area contributed by atoms with Crippen molar-refractivity contribution in [3.63, 3.8) is 0 Å². The van der Waals surface area contributed by atoms with E-state index >= 15 is 0 Å². The van der Waals surface area contributed by atoms with Crippen molar-refractivity contribution < 1.29 is 14.3 Å². The molecule has 0 saturated carbocycles. The zero-order valence-corrected chi connectivity index (χ0v) is 15.8. The molecule has 0 aliphatic rings. The van der Waals surface area contributed by atoms with Crippen LogP contribution < -0.4 is 14.8 Å². The van der Waals surface area contributed by atoms with Crippen molar-refractivity contribution in [3.05, 3.63) is 77.4 Å². The summed E-state index contributed by atoms with van der Waals surface area (Å²) in [5, 5.41) is 12.1. The van der Waals surface area contributed by atoms with Gasteiger partial charge in [-0.25, -0.2) is 4.98 Å². The number of aromatic nitrogens is 2. The minimum Gasteiger partial charge on any atom is -0.497 e. The summed E-state index contributed by atoms with van der Waals surface area (Å²) in [5.74, 6) is 1.55. The lowest BCUT2D eigenvalue weighted by molar-refractivity contribution is 0.0941. The minimum atomic E-state index is -0.540. The number of rotatable bonds is 6. The summed E-state index contributed by atoms with van der Waals surface area (Å²) in [6.07, 6.45) is 3.48. The second-order valence-electron chi connectivity index (χ2n) is 6.14. The summed E-state index contributed by atoms with van der Waals surface area (Å²) < 4.78 is 12.6. The summed E-state index contributed by atoms with van der Waals surface area (Å²) >= 11 is 0. The molecule has 0 aliphatic carbocycles. The van der Waals surface area contributed by atoms with E-state index in [1.54, 1.807) is 50.7 Å². The Balaban J connectivity index is 2.02. The number of carbonyl (C=O) groups excluding carboxylic acids is 1. The van der Waals surface area contributed by atoms with E-state index < -0.39 is 6.04 Å². The predicted octanol–water partition coefficient (Wildman–Crippen LogP) is 2.83. The van der Waals surface area contributed by atoms with Crippen LogP contribution in [0.5, 0.6) is 11.5 Å². The first kappa shape index (κ1) is 19.0. The molecule has 142 valence electrons. The van der Waals surface area contributed by atoms with Gasteiger partial charge in [0.05, 0.1) is 25.9 Å². The summed E-state index contributed by atoms with van der Waals surface area (Å²) in [6.45, 7) is 0. The van der Waals surface area contributed by atoms with Crippen LogP contribution in [0, 0.1) is 11.3 Å². The van der Waals surface area contributed by atoms with Crippen LogP contribution in [-0.2, 0) is 7.05 Å². The average molecular weight is 376 g/mol. The van der Waals surface area contributed by atoms with Crippen LogP contribution in [0.2, 0.25) is 0 Å². The van der Waals surface area contributed by atoms with Crippen molar-refractivity contribution in [3.8, 4) is 17.6 Å². The van der Waals surface area contributed by atoms with Gasteiger partial charge in [0.25, 0.3) is 5.91 Å². The fraction of sp³-hybridized carbons (Fsp3) is 0.190. The molecule has 3 rings (SSSR count). The highest BCUT2D eigenvalue weighted by Crippen LogP contribution is 2.29. The fourth-order valence-corrected chi connectivity index (χ4v) is 2.89. The topological polar surface area (TPSA) is 89.2 Å². The van der Waals surface area contributed by atoms with Crippen molar-refractivity contribution in [1.29, 1.82) is 5.26 Å². The standard InChI is InChI=1S/C21H20N4O3/c1-25-8-7-23-20(25)19(16-10-17(27-2)12-18(11-16)28-3)24-21(26)15-6-4-5-14(9-15)13-22/h4-12,19H,1-3H3,(H,24,26)/t19-/m1/s1. The molecule has 0 radical (unpaired) electrons. The number of ether oxygens (including phenoxy) is 2. The van der Waals surface area contributed by atoms with Gasteiger partial charge in [-0.3, -0.25) is 4.79 Å². The Hall–Kier alpha value is -3.79. The third-order valence-electron chi connectivity index (χ3n) is 4.35. The van der Waals surface area contributed by atoms with Gasteiger partial charge in [0.1, 0.15) is 23.4 Å². The largest absolute Gasteiger partial charge is 0.497 e. The van der Waals surface area contributed by atoms with Gasteiger partial charge >= 0.3 is 0 Å². The second kappa shape index (κ2) is 8.27. The number of imidazole rings is 1. The second-order valence-corrected chi connectivity index (χ2v) is 6.14. The van der Waals surface area contributed by atoms with Crippen LogP contribution in [0.15, 0.2) is 54.9 Å². The maximum absolute atomic E-state index is 12.9. The first-order valence-electron chi connectivity index (χ1n) is 8.57. The molecule has 7 heteroatoms. The Morgan fingerprint density at radius 2 is 1.89 bits per heavy atom. The molecule has 0 aliphatic heterocycles. The number of aryl methyl sites for hydroxylation is 1. The zero-order chi connectivity index (χ0) is 20.1. The quantitative estimate of drug-likeness (QED) is 0.715. The van der Waals surface area contributed by atoms with E-state index in [-0.39, 0.29) is 5.91 Å². The van der Waals surface area contributed by atoms with Gasteiger partial charge in [0, 0.05) is 31.1 Å². The van der Waals surface area contributed by atoms with Gasteiger partial charge in [0.2, 0.25) is 0 Å². The minimum absolute atomic E-state index is 0.313. The third-order valence-corrected chi connectivity index (χ3v) is 4.35. The number of carbonyl (C=O) groups is 1. The third kappa shape index (κ3) is 3.96. The first-order valence-corrected chi connectivity index (χ1v) is 8.57. The molecule has 0 saturated heterocycles. The normalized spacial score (nSPS) is 11.4. The van der Waals surface area contributed by atoms with Crippen molar-refractivity contribution in [2.45, 2.75) is 6.04 Å². The van der Waals surface area contributed by atoms with E-state index in [2.05, 4.69) is 10.3 Å². The summed E-state index contributed by atoms with van der Waals surface area (Å²) in [5.41, 5.74) is 1.58. The van der Waals surface area contributed by atoms with Gasteiger partial charge < -0.3 is 19.4 Å². The molecule has 1 heterocycles. The maximum atomic E-state index is 12.9. The number of nitrogens with one attached hydrogen (secondary N) is 1. The predicted molar refractivity (Wildman–Crippen MR) is 103 cm³/mol. The monoisotopic (exact) mass is 376 g/mol. The van der Waals surface area contributed by atoms with Gasteiger partial charge in [-0.2, -0.15) is 5.26 Å². The summed E-state index contributed by atoms with van der Waals surface area (Å²) in [6, 6.07) is 13.5. The van der Waals surface area contributed by atoms with Crippen molar-refractivity contribution in [2.75, 3.05) is 14.2 Å². The fourth-order valence-electron chi connectivity index (χ4n) is 2.89. The van der Waals surface area contributed by atoms with E-state index in [1.807, 2.05) is 36.0 Å². The highest BCUT2D eigenvalue weighted by atomic mass is 16.5. The number of nitriles is 1. The SMILES string of the molecule is COc1cc(OC)cc([C@@H](NC(=O)c2cccc(C#N)c2)c2nccn2C)c1. The highest BCUT2D eigenvalue weighted by molar-refractivity contribution is 5.95. The van der Waals surface area contributed by atoms with Crippen LogP contribution in [0.25, 0.3) is 0 Å². The molecular weight excluding hydrogens is 356 g/mol. The van der Waals surface area contributed by atoms with Crippen LogP contribution in [0.4, 0.5) is 0 Å². The first-order chi connectivity index (χ1) is 13.5. The van der Waals surface area contributed by atoms with Gasteiger partial charge in [0.15, 0.2) is 0 Å². The lowest BCUT2D eigenvalue weighted by atomic mass is 10.0. The molecule has 28 heavy (non-hydrogen) atoms. The molecule has 1 atom stereocenters. The molecule has 0 fully saturated rings. The molecular formula is C21H20N4O3. The molecule has 1 N–H and O–H groups in total.